The third-order valence-corrected chi connectivity index (χ3v) is 3.19. The molecule has 0 spiro atoms. The third kappa shape index (κ3) is 4.35. The van der Waals surface area contributed by atoms with Crippen LogP contribution in [0.15, 0.2) is 36.7 Å². The number of aromatic nitrogens is 2. The maximum absolute atomic E-state index is 12.5. The first-order chi connectivity index (χ1) is 10.9. The molecule has 1 unspecified atom stereocenters. The number of aryl methyl sites for hydroxylation is 1. The van der Waals surface area contributed by atoms with Crippen LogP contribution in [-0.4, -0.2) is 26.8 Å². The van der Waals surface area contributed by atoms with Gasteiger partial charge in [-0.25, -0.2) is 4.68 Å². The van der Waals surface area contributed by atoms with Gasteiger partial charge in [0.2, 0.25) is 0 Å². The summed E-state index contributed by atoms with van der Waals surface area (Å²) in [5, 5.41) is 14.9. The zero-order chi connectivity index (χ0) is 17.0. The zero-order valence-corrected chi connectivity index (χ0v) is 12.2. The minimum absolute atomic E-state index is 0.0617. The Balaban J connectivity index is 2.19. The molecule has 0 fully saturated rings. The number of halogens is 2. The Kier molecular flexibility index (Phi) is 5.05. The Morgan fingerprint density at radius 3 is 2.70 bits per heavy atom. The van der Waals surface area contributed by atoms with E-state index in [1.54, 1.807) is 18.2 Å². The SMILES string of the molecule is Cc1cccc(C(CC(=O)O)NC(=O)c2cnn(C(F)F)c2)c1. The van der Waals surface area contributed by atoms with Gasteiger partial charge in [-0.1, -0.05) is 29.8 Å². The Hall–Kier alpha value is -2.77. The Labute approximate surface area is 130 Å². The van der Waals surface area contributed by atoms with Crippen molar-refractivity contribution in [3.63, 3.8) is 0 Å². The number of aliphatic carboxylic acids is 1. The molecule has 0 radical (unpaired) electrons. The summed E-state index contributed by atoms with van der Waals surface area (Å²) in [4.78, 5) is 23.1. The van der Waals surface area contributed by atoms with Crippen LogP contribution >= 0.6 is 0 Å². The van der Waals surface area contributed by atoms with E-state index in [1.807, 2.05) is 13.0 Å². The van der Waals surface area contributed by atoms with Crippen molar-refractivity contribution >= 4 is 11.9 Å². The maximum Gasteiger partial charge on any atom is 0.333 e. The molecule has 8 heteroatoms. The number of carbonyl (C=O) groups is 2. The Morgan fingerprint density at radius 2 is 2.13 bits per heavy atom. The number of hydrogen-bond donors (Lipinski definition) is 2. The maximum atomic E-state index is 12.5. The smallest absolute Gasteiger partial charge is 0.333 e. The molecule has 0 saturated heterocycles. The lowest BCUT2D eigenvalue weighted by Crippen LogP contribution is -2.30. The molecule has 1 amide bonds. The summed E-state index contributed by atoms with van der Waals surface area (Å²) >= 11 is 0. The number of alkyl halides is 2. The molecule has 1 atom stereocenters. The summed E-state index contributed by atoms with van der Waals surface area (Å²) in [6.45, 7) is -1.00. The Bertz CT molecular complexity index is 715. The van der Waals surface area contributed by atoms with Crippen LogP contribution < -0.4 is 5.32 Å². The predicted octanol–water partition coefficient (Wildman–Crippen LogP) is 2.53. The van der Waals surface area contributed by atoms with Gasteiger partial charge in [-0.2, -0.15) is 13.9 Å². The molecule has 2 aromatic rings. The number of nitrogens with one attached hydrogen (secondary N) is 1. The highest BCUT2D eigenvalue weighted by atomic mass is 19.3. The molecule has 0 aliphatic rings. The highest BCUT2D eigenvalue weighted by Crippen LogP contribution is 2.19. The minimum Gasteiger partial charge on any atom is -0.481 e. The van der Waals surface area contributed by atoms with Gasteiger partial charge < -0.3 is 10.4 Å². The molecule has 2 rings (SSSR count). The summed E-state index contributed by atoms with van der Waals surface area (Å²) < 4.78 is 25.3. The molecule has 1 aromatic heterocycles. The lowest BCUT2D eigenvalue weighted by atomic mass is 10.0. The van der Waals surface area contributed by atoms with E-state index in [1.165, 1.54) is 0 Å². The van der Waals surface area contributed by atoms with Crippen LogP contribution in [0.5, 0.6) is 0 Å². The van der Waals surface area contributed by atoms with E-state index in [4.69, 9.17) is 5.11 Å². The summed E-state index contributed by atoms with van der Waals surface area (Å²) in [6.07, 6.45) is 1.60. The van der Waals surface area contributed by atoms with Crippen molar-refractivity contribution in [1.82, 2.24) is 15.1 Å². The third-order valence-electron chi connectivity index (χ3n) is 3.19. The van der Waals surface area contributed by atoms with E-state index in [-0.39, 0.29) is 12.0 Å². The highest BCUT2D eigenvalue weighted by Gasteiger charge is 2.20. The average molecular weight is 323 g/mol. The van der Waals surface area contributed by atoms with Crippen molar-refractivity contribution in [3.8, 4) is 0 Å². The summed E-state index contributed by atoms with van der Waals surface area (Å²) in [5.74, 6) is -1.75. The Morgan fingerprint density at radius 1 is 1.39 bits per heavy atom. The fourth-order valence-corrected chi connectivity index (χ4v) is 2.12. The molecule has 2 N–H and O–H groups in total. The van der Waals surface area contributed by atoms with Crippen molar-refractivity contribution < 1.29 is 23.5 Å². The lowest BCUT2D eigenvalue weighted by molar-refractivity contribution is -0.137. The van der Waals surface area contributed by atoms with Gasteiger partial charge in [0.05, 0.1) is 24.2 Å². The molecule has 23 heavy (non-hydrogen) atoms. The van der Waals surface area contributed by atoms with Crippen LogP contribution in [-0.2, 0) is 4.79 Å². The van der Waals surface area contributed by atoms with Crippen LogP contribution in [0.3, 0.4) is 0 Å². The first kappa shape index (κ1) is 16.6. The summed E-state index contributed by atoms with van der Waals surface area (Å²) in [7, 11) is 0. The first-order valence-corrected chi connectivity index (χ1v) is 6.78. The molecule has 6 nitrogen and oxygen atoms in total. The highest BCUT2D eigenvalue weighted by molar-refractivity contribution is 5.94. The van der Waals surface area contributed by atoms with Crippen LogP contribution in [0.2, 0.25) is 0 Å². The van der Waals surface area contributed by atoms with Crippen LogP contribution in [0.1, 0.15) is 40.5 Å². The van der Waals surface area contributed by atoms with Crippen molar-refractivity contribution in [2.45, 2.75) is 25.9 Å². The van der Waals surface area contributed by atoms with Gasteiger partial charge in [0.1, 0.15) is 0 Å². The standard InChI is InChI=1S/C15H15F2N3O3/c1-9-3-2-4-10(5-9)12(6-13(21)22)19-14(23)11-7-18-20(8-11)15(16)17/h2-5,7-8,12,15H,6H2,1H3,(H,19,23)(H,21,22). The van der Waals surface area contributed by atoms with E-state index < -0.39 is 24.5 Å². The average Bonchev–Trinajstić information content (AvgIpc) is 2.96. The minimum atomic E-state index is -2.84. The first-order valence-electron chi connectivity index (χ1n) is 6.78. The van der Waals surface area contributed by atoms with Gasteiger partial charge in [-0.05, 0) is 12.5 Å². The fourth-order valence-electron chi connectivity index (χ4n) is 2.12. The van der Waals surface area contributed by atoms with E-state index in [0.29, 0.717) is 10.2 Å². The molecule has 0 aliphatic heterocycles. The molecular weight excluding hydrogens is 308 g/mol. The van der Waals surface area contributed by atoms with Crippen molar-refractivity contribution in [1.29, 1.82) is 0 Å². The second-order valence-corrected chi connectivity index (χ2v) is 5.02. The number of carbonyl (C=O) groups excluding carboxylic acids is 1. The van der Waals surface area contributed by atoms with E-state index >= 15 is 0 Å². The van der Waals surface area contributed by atoms with Gasteiger partial charge in [-0.15, -0.1) is 0 Å². The fraction of sp³-hybridized carbons (Fsp3) is 0.267. The van der Waals surface area contributed by atoms with E-state index in [0.717, 1.165) is 18.0 Å². The summed E-state index contributed by atoms with van der Waals surface area (Å²) in [6, 6.07) is 6.28. The number of hydrogen-bond acceptors (Lipinski definition) is 3. The molecule has 1 aromatic carbocycles. The number of benzene rings is 1. The molecule has 0 saturated carbocycles. The molecular formula is C15H15F2N3O3. The van der Waals surface area contributed by atoms with Crippen molar-refractivity contribution in [2.75, 3.05) is 0 Å². The monoisotopic (exact) mass is 323 g/mol. The number of amides is 1. The van der Waals surface area contributed by atoms with Gasteiger partial charge in [0, 0.05) is 6.20 Å². The van der Waals surface area contributed by atoms with Crippen LogP contribution in [0, 0.1) is 6.92 Å². The molecule has 0 aliphatic carbocycles. The number of rotatable bonds is 6. The van der Waals surface area contributed by atoms with Crippen molar-refractivity contribution in [3.05, 3.63) is 53.3 Å². The quantitative estimate of drug-likeness (QED) is 0.855. The van der Waals surface area contributed by atoms with Gasteiger partial charge in [-0.3, -0.25) is 9.59 Å². The van der Waals surface area contributed by atoms with Gasteiger partial charge in [0.15, 0.2) is 0 Å². The second kappa shape index (κ2) is 6.99. The van der Waals surface area contributed by atoms with E-state index in [9.17, 15) is 18.4 Å². The van der Waals surface area contributed by atoms with Crippen molar-refractivity contribution in [2.24, 2.45) is 0 Å². The molecule has 1 heterocycles. The number of carboxylic acid groups (broad SMARTS) is 1. The second-order valence-electron chi connectivity index (χ2n) is 5.02. The van der Waals surface area contributed by atoms with E-state index in [2.05, 4.69) is 10.4 Å². The normalized spacial score (nSPS) is 12.2. The van der Waals surface area contributed by atoms with Gasteiger partial charge >= 0.3 is 12.5 Å². The molecule has 122 valence electrons. The van der Waals surface area contributed by atoms with Crippen LogP contribution in [0.25, 0.3) is 0 Å². The molecule has 0 bridgehead atoms. The van der Waals surface area contributed by atoms with Crippen LogP contribution in [0.4, 0.5) is 8.78 Å². The van der Waals surface area contributed by atoms with Gasteiger partial charge in [0.25, 0.3) is 5.91 Å². The summed E-state index contributed by atoms with van der Waals surface area (Å²) in [5.41, 5.74) is 1.48. The number of nitrogens with zero attached hydrogens (tertiary/aromatic N) is 2. The topological polar surface area (TPSA) is 84.2 Å². The number of carboxylic acids is 1. The lowest BCUT2D eigenvalue weighted by Gasteiger charge is -2.17. The predicted molar refractivity (Wildman–Crippen MR) is 77.1 cm³/mol. The largest absolute Gasteiger partial charge is 0.481 e. The zero-order valence-electron chi connectivity index (χ0n) is 12.2.